The van der Waals surface area contributed by atoms with Crippen molar-refractivity contribution in [2.24, 2.45) is 0 Å². The van der Waals surface area contributed by atoms with Gasteiger partial charge in [-0.05, 0) is 24.6 Å². The van der Waals surface area contributed by atoms with Gasteiger partial charge in [-0.25, -0.2) is 4.98 Å². The van der Waals surface area contributed by atoms with E-state index < -0.39 is 17.8 Å². The number of methoxy groups -OCH3 is 1. The van der Waals surface area contributed by atoms with Crippen molar-refractivity contribution in [1.29, 1.82) is 0 Å². The Bertz CT molecular complexity index is 720. The number of amides is 1. The molecule has 1 amide bonds. The van der Waals surface area contributed by atoms with Crippen LogP contribution in [0, 0.1) is 0 Å². The maximum atomic E-state index is 12.7. The number of rotatable bonds is 6. The maximum Gasteiger partial charge on any atom is 0.433 e. The summed E-state index contributed by atoms with van der Waals surface area (Å²) in [4.78, 5) is 27.1. The van der Waals surface area contributed by atoms with Gasteiger partial charge in [0.2, 0.25) is 6.29 Å². The summed E-state index contributed by atoms with van der Waals surface area (Å²) in [5.41, 5.74) is -0.214. The third-order valence-electron chi connectivity index (χ3n) is 3.37. The lowest BCUT2D eigenvalue weighted by Crippen LogP contribution is -2.31. The second-order valence-corrected chi connectivity index (χ2v) is 5.39. The van der Waals surface area contributed by atoms with Gasteiger partial charge in [0.1, 0.15) is 5.69 Å². The topological polar surface area (TPSA) is 59.5 Å². The van der Waals surface area contributed by atoms with Crippen LogP contribution in [0.4, 0.5) is 13.2 Å². The standard InChI is InChI=1S/C16H13F3N2O2.C3H8O/c17-16(18,19)14-8-4-7-13(20-14)10-21(15(23)11-22)9-12-5-2-1-3-6-12;1-3-4-2/h1-8,11H,9-10H2;3H2,1-2H3. The summed E-state index contributed by atoms with van der Waals surface area (Å²) in [7, 11) is 1.68. The van der Waals surface area contributed by atoms with Crippen LogP contribution in [0.5, 0.6) is 0 Å². The van der Waals surface area contributed by atoms with Crippen molar-refractivity contribution in [3.63, 3.8) is 0 Å². The van der Waals surface area contributed by atoms with Crippen molar-refractivity contribution in [2.45, 2.75) is 26.2 Å². The summed E-state index contributed by atoms with van der Waals surface area (Å²) < 4.78 is 42.6. The number of halogens is 3. The lowest BCUT2D eigenvalue weighted by atomic mass is 10.2. The lowest BCUT2D eigenvalue weighted by Gasteiger charge is -2.20. The minimum atomic E-state index is -4.56. The lowest BCUT2D eigenvalue weighted by molar-refractivity contribution is -0.141. The number of nitrogens with zero attached hydrogens (tertiary/aromatic N) is 2. The van der Waals surface area contributed by atoms with Gasteiger partial charge in [-0.15, -0.1) is 0 Å². The highest BCUT2D eigenvalue weighted by atomic mass is 19.4. The number of aromatic nitrogens is 1. The summed E-state index contributed by atoms with van der Waals surface area (Å²) in [6, 6.07) is 12.3. The Kier molecular flexibility index (Phi) is 9.15. The summed E-state index contributed by atoms with van der Waals surface area (Å²) in [6.45, 7) is 2.70. The molecule has 8 heteroatoms. The molecule has 0 fully saturated rings. The summed E-state index contributed by atoms with van der Waals surface area (Å²) in [5.74, 6) is -0.812. The van der Waals surface area contributed by atoms with E-state index in [4.69, 9.17) is 0 Å². The molecule has 0 aliphatic rings. The highest BCUT2D eigenvalue weighted by Gasteiger charge is 2.32. The number of ether oxygens (including phenoxy) is 1. The summed E-state index contributed by atoms with van der Waals surface area (Å²) in [5, 5.41) is 0. The third kappa shape index (κ3) is 8.00. The van der Waals surface area contributed by atoms with E-state index >= 15 is 0 Å². The molecule has 0 bridgehead atoms. The zero-order valence-corrected chi connectivity index (χ0v) is 15.1. The quantitative estimate of drug-likeness (QED) is 0.567. The normalized spacial score (nSPS) is 10.6. The number of aldehydes is 1. The number of hydrogen-bond donors (Lipinski definition) is 0. The van der Waals surface area contributed by atoms with E-state index in [1.54, 1.807) is 37.4 Å². The summed E-state index contributed by atoms with van der Waals surface area (Å²) in [6.07, 6.45) is -4.43. The minimum absolute atomic E-state index is 0.0611. The maximum absolute atomic E-state index is 12.7. The Morgan fingerprint density at radius 3 is 2.26 bits per heavy atom. The molecular formula is C19H21F3N2O3. The fourth-order valence-corrected chi connectivity index (χ4v) is 2.01. The molecule has 0 aliphatic carbocycles. The van der Waals surface area contributed by atoms with Gasteiger partial charge < -0.3 is 9.64 Å². The van der Waals surface area contributed by atoms with E-state index in [-0.39, 0.29) is 25.1 Å². The largest absolute Gasteiger partial charge is 0.433 e. The zero-order valence-electron chi connectivity index (χ0n) is 15.1. The van der Waals surface area contributed by atoms with E-state index in [2.05, 4.69) is 9.72 Å². The molecule has 1 aromatic carbocycles. The van der Waals surface area contributed by atoms with E-state index in [0.29, 0.717) is 0 Å². The Morgan fingerprint density at radius 2 is 1.74 bits per heavy atom. The van der Waals surface area contributed by atoms with Gasteiger partial charge in [-0.1, -0.05) is 36.4 Å². The van der Waals surface area contributed by atoms with Gasteiger partial charge in [0, 0.05) is 20.3 Å². The Hall–Kier alpha value is -2.74. The molecule has 2 aromatic rings. The molecule has 2 rings (SSSR count). The van der Waals surface area contributed by atoms with Crippen LogP contribution in [0.1, 0.15) is 23.9 Å². The van der Waals surface area contributed by atoms with Gasteiger partial charge >= 0.3 is 6.18 Å². The highest BCUT2D eigenvalue weighted by molar-refractivity contribution is 6.23. The SMILES string of the molecule is CCOC.O=CC(=O)N(Cc1ccccc1)Cc1cccc(C(F)(F)F)n1. The number of pyridine rings is 1. The second-order valence-electron chi connectivity index (χ2n) is 5.39. The summed E-state index contributed by atoms with van der Waals surface area (Å²) >= 11 is 0. The highest BCUT2D eigenvalue weighted by Crippen LogP contribution is 2.27. The van der Waals surface area contributed by atoms with Crippen LogP contribution in [0.25, 0.3) is 0 Å². The van der Waals surface area contributed by atoms with Crippen molar-refractivity contribution < 1.29 is 27.5 Å². The van der Waals surface area contributed by atoms with Gasteiger partial charge in [0.25, 0.3) is 5.91 Å². The van der Waals surface area contributed by atoms with Crippen LogP contribution >= 0.6 is 0 Å². The Balaban J connectivity index is 0.000000828. The van der Waals surface area contributed by atoms with Crippen molar-refractivity contribution >= 4 is 12.2 Å². The van der Waals surface area contributed by atoms with Crippen molar-refractivity contribution in [3.05, 3.63) is 65.5 Å². The first-order chi connectivity index (χ1) is 12.8. The van der Waals surface area contributed by atoms with Crippen molar-refractivity contribution in [3.8, 4) is 0 Å². The number of carbonyl (C=O) groups excluding carboxylic acids is 2. The predicted molar refractivity (Wildman–Crippen MR) is 93.5 cm³/mol. The Labute approximate surface area is 155 Å². The Morgan fingerprint density at radius 1 is 1.11 bits per heavy atom. The number of benzene rings is 1. The molecule has 5 nitrogen and oxygen atoms in total. The zero-order chi connectivity index (χ0) is 20.3. The average molecular weight is 382 g/mol. The smallest absolute Gasteiger partial charge is 0.385 e. The monoisotopic (exact) mass is 382 g/mol. The van der Waals surface area contributed by atoms with Gasteiger partial charge in [0.05, 0.1) is 12.2 Å². The molecular weight excluding hydrogens is 361 g/mol. The molecule has 146 valence electrons. The molecule has 0 aliphatic heterocycles. The first-order valence-electron chi connectivity index (χ1n) is 8.11. The first kappa shape index (κ1) is 22.3. The molecule has 0 unspecified atom stereocenters. The van der Waals surface area contributed by atoms with E-state index in [0.717, 1.165) is 23.1 Å². The third-order valence-corrected chi connectivity index (χ3v) is 3.37. The van der Waals surface area contributed by atoms with Crippen LogP contribution in [0.2, 0.25) is 0 Å². The van der Waals surface area contributed by atoms with Crippen LogP contribution in [-0.4, -0.2) is 35.8 Å². The molecule has 1 aromatic heterocycles. The van der Waals surface area contributed by atoms with E-state index in [9.17, 15) is 22.8 Å². The molecule has 27 heavy (non-hydrogen) atoms. The van der Waals surface area contributed by atoms with E-state index in [1.807, 2.05) is 6.92 Å². The van der Waals surface area contributed by atoms with Crippen LogP contribution < -0.4 is 0 Å². The van der Waals surface area contributed by atoms with E-state index in [1.165, 1.54) is 12.1 Å². The number of alkyl halides is 3. The van der Waals surface area contributed by atoms with Crippen LogP contribution in [0.15, 0.2) is 48.5 Å². The fraction of sp³-hybridized carbons (Fsp3) is 0.316. The predicted octanol–water partition coefficient (Wildman–Crippen LogP) is 3.48. The minimum Gasteiger partial charge on any atom is -0.385 e. The molecule has 1 heterocycles. The first-order valence-corrected chi connectivity index (χ1v) is 8.11. The van der Waals surface area contributed by atoms with Crippen LogP contribution in [0.3, 0.4) is 0 Å². The molecule has 0 saturated heterocycles. The fourth-order valence-electron chi connectivity index (χ4n) is 2.01. The molecule has 0 N–H and O–H groups in total. The van der Waals surface area contributed by atoms with Crippen molar-refractivity contribution in [2.75, 3.05) is 13.7 Å². The van der Waals surface area contributed by atoms with Gasteiger partial charge in [-0.2, -0.15) is 13.2 Å². The number of carbonyl (C=O) groups is 2. The van der Waals surface area contributed by atoms with Gasteiger partial charge in [-0.3, -0.25) is 9.59 Å². The average Bonchev–Trinajstić information content (AvgIpc) is 2.67. The molecule has 0 spiro atoms. The molecule has 0 saturated carbocycles. The molecule has 0 atom stereocenters. The number of hydrogen-bond acceptors (Lipinski definition) is 4. The van der Waals surface area contributed by atoms with Crippen LogP contribution in [-0.2, 0) is 33.6 Å². The van der Waals surface area contributed by atoms with Crippen molar-refractivity contribution in [1.82, 2.24) is 9.88 Å². The van der Waals surface area contributed by atoms with Gasteiger partial charge in [0.15, 0.2) is 0 Å². The second kappa shape index (κ2) is 11.1. The molecule has 0 radical (unpaired) electrons.